The van der Waals surface area contributed by atoms with Crippen LogP contribution in [-0.2, 0) is 21.4 Å². The highest BCUT2D eigenvalue weighted by Gasteiger charge is 2.23. The number of amides is 1. The lowest BCUT2D eigenvalue weighted by Gasteiger charge is -2.22. The summed E-state index contributed by atoms with van der Waals surface area (Å²) < 4.78 is 32.3. The number of aromatic nitrogens is 1. The van der Waals surface area contributed by atoms with Crippen molar-refractivity contribution in [2.75, 3.05) is 18.0 Å². The molecule has 26 heavy (non-hydrogen) atoms. The van der Waals surface area contributed by atoms with Gasteiger partial charge in [-0.3, -0.25) is 4.79 Å². The maximum absolute atomic E-state index is 12.7. The molecule has 2 rings (SSSR count). The number of anilines is 1. The summed E-state index contributed by atoms with van der Waals surface area (Å²) in [4.78, 5) is 17.9. The minimum absolute atomic E-state index is 0.125. The SMILES string of the molecule is C=CC(=O)N(Cc1cnc(C)o1)c1cccc(S(=O)(=O)N(CC)CC)c1. The van der Waals surface area contributed by atoms with E-state index in [2.05, 4.69) is 11.6 Å². The standard InChI is InChI=1S/C18H23N3O4S/c1-5-18(22)21(13-16-12-19-14(4)25-16)15-9-8-10-17(11-15)26(23,24)20(6-2)7-3/h5,8-12H,1,6-7,13H2,2-4H3. The summed E-state index contributed by atoms with van der Waals surface area (Å²) in [5.41, 5.74) is 0.442. The first-order chi connectivity index (χ1) is 12.3. The smallest absolute Gasteiger partial charge is 0.250 e. The summed E-state index contributed by atoms with van der Waals surface area (Å²) in [6.07, 6.45) is 2.71. The molecule has 7 nitrogen and oxygen atoms in total. The van der Waals surface area contributed by atoms with Gasteiger partial charge in [-0.25, -0.2) is 13.4 Å². The van der Waals surface area contributed by atoms with Gasteiger partial charge in [-0.2, -0.15) is 4.31 Å². The number of carbonyl (C=O) groups excluding carboxylic acids is 1. The predicted molar refractivity (Wildman–Crippen MR) is 99.2 cm³/mol. The summed E-state index contributed by atoms with van der Waals surface area (Å²) in [6, 6.07) is 6.29. The van der Waals surface area contributed by atoms with Crippen molar-refractivity contribution in [3.8, 4) is 0 Å². The van der Waals surface area contributed by atoms with Crippen LogP contribution >= 0.6 is 0 Å². The molecule has 1 aromatic heterocycles. The zero-order valence-electron chi connectivity index (χ0n) is 15.2. The molecule has 1 heterocycles. The van der Waals surface area contributed by atoms with Gasteiger partial charge in [0.1, 0.15) is 5.76 Å². The fourth-order valence-corrected chi connectivity index (χ4v) is 4.06. The Morgan fingerprint density at radius 3 is 2.54 bits per heavy atom. The third-order valence-electron chi connectivity index (χ3n) is 3.90. The van der Waals surface area contributed by atoms with E-state index in [9.17, 15) is 13.2 Å². The minimum atomic E-state index is -3.62. The molecule has 0 N–H and O–H groups in total. The predicted octanol–water partition coefficient (Wildman–Crippen LogP) is 2.73. The van der Waals surface area contributed by atoms with E-state index in [1.165, 1.54) is 33.6 Å². The summed E-state index contributed by atoms with van der Waals surface area (Å²) in [5.74, 6) is 0.620. The van der Waals surface area contributed by atoms with Crippen LogP contribution in [0.25, 0.3) is 0 Å². The molecule has 1 amide bonds. The minimum Gasteiger partial charge on any atom is -0.444 e. The van der Waals surface area contributed by atoms with Gasteiger partial charge in [0.25, 0.3) is 5.91 Å². The van der Waals surface area contributed by atoms with E-state index in [0.29, 0.717) is 30.4 Å². The molecule has 0 aliphatic carbocycles. The maximum Gasteiger partial charge on any atom is 0.250 e. The van der Waals surface area contributed by atoms with Gasteiger partial charge in [0.2, 0.25) is 10.0 Å². The average molecular weight is 377 g/mol. The number of benzene rings is 1. The van der Waals surface area contributed by atoms with E-state index >= 15 is 0 Å². The van der Waals surface area contributed by atoms with Gasteiger partial charge in [-0.1, -0.05) is 26.5 Å². The van der Waals surface area contributed by atoms with Gasteiger partial charge in [-0.05, 0) is 24.3 Å². The van der Waals surface area contributed by atoms with E-state index < -0.39 is 10.0 Å². The zero-order valence-corrected chi connectivity index (χ0v) is 16.0. The van der Waals surface area contributed by atoms with Crippen LogP contribution in [-0.4, -0.2) is 36.7 Å². The lowest BCUT2D eigenvalue weighted by molar-refractivity contribution is -0.114. The molecule has 0 atom stereocenters. The Kier molecular flexibility index (Phi) is 6.33. The van der Waals surface area contributed by atoms with Crippen molar-refractivity contribution in [3.63, 3.8) is 0 Å². The normalized spacial score (nSPS) is 11.5. The first-order valence-electron chi connectivity index (χ1n) is 8.28. The van der Waals surface area contributed by atoms with Crippen molar-refractivity contribution in [2.24, 2.45) is 0 Å². The molecule has 0 radical (unpaired) electrons. The van der Waals surface area contributed by atoms with Crippen molar-refractivity contribution in [1.82, 2.24) is 9.29 Å². The van der Waals surface area contributed by atoms with Gasteiger partial charge in [0.05, 0.1) is 17.6 Å². The van der Waals surface area contributed by atoms with Crippen LogP contribution in [0.1, 0.15) is 25.5 Å². The molecule has 1 aromatic carbocycles. The first-order valence-corrected chi connectivity index (χ1v) is 9.72. The van der Waals surface area contributed by atoms with Crippen LogP contribution in [0.2, 0.25) is 0 Å². The molecule has 0 fully saturated rings. The van der Waals surface area contributed by atoms with Gasteiger partial charge in [0, 0.05) is 25.7 Å². The van der Waals surface area contributed by atoms with E-state index in [0.717, 1.165) is 0 Å². The summed E-state index contributed by atoms with van der Waals surface area (Å²) in [7, 11) is -3.62. The highest BCUT2D eigenvalue weighted by molar-refractivity contribution is 7.89. The lowest BCUT2D eigenvalue weighted by atomic mass is 10.2. The Hall–Kier alpha value is -2.45. The zero-order chi connectivity index (χ0) is 19.3. The number of oxazole rings is 1. The Bertz CT molecular complexity index is 885. The Morgan fingerprint density at radius 1 is 1.31 bits per heavy atom. The van der Waals surface area contributed by atoms with Crippen molar-refractivity contribution >= 4 is 21.6 Å². The van der Waals surface area contributed by atoms with E-state index in [-0.39, 0.29) is 17.3 Å². The fourth-order valence-electron chi connectivity index (χ4n) is 2.57. The highest BCUT2D eigenvalue weighted by Crippen LogP contribution is 2.24. The molecular formula is C18H23N3O4S. The summed E-state index contributed by atoms with van der Waals surface area (Å²) >= 11 is 0. The second-order valence-electron chi connectivity index (χ2n) is 5.56. The number of sulfonamides is 1. The molecule has 0 saturated heterocycles. The molecule has 0 aliphatic heterocycles. The number of carbonyl (C=O) groups is 1. The third kappa shape index (κ3) is 4.20. The number of hydrogen-bond donors (Lipinski definition) is 0. The molecule has 2 aromatic rings. The Morgan fingerprint density at radius 2 is 2.00 bits per heavy atom. The largest absolute Gasteiger partial charge is 0.444 e. The van der Waals surface area contributed by atoms with Gasteiger partial charge in [0.15, 0.2) is 5.89 Å². The van der Waals surface area contributed by atoms with Gasteiger partial charge < -0.3 is 9.32 Å². The maximum atomic E-state index is 12.7. The van der Waals surface area contributed by atoms with Crippen LogP contribution in [0, 0.1) is 6.92 Å². The van der Waals surface area contributed by atoms with Crippen LogP contribution in [0.3, 0.4) is 0 Å². The highest BCUT2D eigenvalue weighted by atomic mass is 32.2. The van der Waals surface area contributed by atoms with Crippen molar-refractivity contribution in [2.45, 2.75) is 32.2 Å². The lowest BCUT2D eigenvalue weighted by Crippen LogP contribution is -2.31. The number of rotatable bonds is 8. The number of nitrogens with zero attached hydrogens (tertiary/aromatic N) is 3. The summed E-state index contributed by atoms with van der Waals surface area (Å²) in [6.45, 7) is 9.66. The number of aryl methyl sites for hydroxylation is 1. The van der Waals surface area contributed by atoms with E-state index in [4.69, 9.17) is 4.42 Å². The van der Waals surface area contributed by atoms with Crippen molar-refractivity contribution in [1.29, 1.82) is 0 Å². The second kappa shape index (κ2) is 8.29. The van der Waals surface area contributed by atoms with Crippen molar-refractivity contribution in [3.05, 3.63) is 54.8 Å². The second-order valence-corrected chi connectivity index (χ2v) is 7.50. The molecule has 0 bridgehead atoms. The molecule has 140 valence electrons. The summed E-state index contributed by atoms with van der Waals surface area (Å²) in [5, 5.41) is 0. The number of hydrogen-bond acceptors (Lipinski definition) is 5. The molecular weight excluding hydrogens is 354 g/mol. The molecule has 0 unspecified atom stereocenters. The monoisotopic (exact) mass is 377 g/mol. The van der Waals surface area contributed by atoms with E-state index in [1.807, 2.05) is 0 Å². The van der Waals surface area contributed by atoms with Crippen molar-refractivity contribution < 1.29 is 17.6 Å². The Balaban J connectivity index is 2.43. The van der Waals surface area contributed by atoms with Gasteiger partial charge in [-0.15, -0.1) is 0 Å². The molecule has 0 aliphatic rings. The van der Waals surface area contributed by atoms with Crippen LogP contribution in [0.4, 0.5) is 5.69 Å². The van der Waals surface area contributed by atoms with Crippen LogP contribution in [0.5, 0.6) is 0 Å². The van der Waals surface area contributed by atoms with E-state index in [1.54, 1.807) is 32.9 Å². The van der Waals surface area contributed by atoms with Gasteiger partial charge >= 0.3 is 0 Å². The quantitative estimate of drug-likeness (QED) is 0.661. The third-order valence-corrected chi connectivity index (χ3v) is 5.94. The molecule has 8 heteroatoms. The molecule has 0 spiro atoms. The molecule has 0 saturated carbocycles. The first kappa shape index (κ1) is 19.9. The fraction of sp³-hybridized carbons (Fsp3) is 0.333. The average Bonchev–Trinajstić information content (AvgIpc) is 3.05. The Labute approximate surface area is 154 Å². The van der Waals surface area contributed by atoms with Crippen LogP contribution < -0.4 is 4.90 Å². The van der Waals surface area contributed by atoms with Crippen LogP contribution in [0.15, 0.2) is 52.4 Å². The topological polar surface area (TPSA) is 83.7 Å².